The van der Waals surface area contributed by atoms with Gasteiger partial charge in [0.1, 0.15) is 116 Å². The summed E-state index contributed by atoms with van der Waals surface area (Å²) in [7, 11) is 0. The van der Waals surface area contributed by atoms with Gasteiger partial charge in [0.25, 0.3) is 0 Å². The van der Waals surface area contributed by atoms with E-state index in [1.54, 1.807) is 0 Å². The molecular weight excluding hydrogens is 1120 g/mol. The smallest absolute Gasteiger partial charge is 0.187 e. The molecular formula is C56H94O28. The zero-order valence-corrected chi connectivity index (χ0v) is 48.0. The monoisotopic (exact) mass is 1210 g/mol. The Morgan fingerprint density at radius 2 is 1.06 bits per heavy atom. The Kier molecular flexibility index (Phi) is 20.6. The molecule has 0 spiro atoms. The topological polar surface area (TPSA) is 445 Å². The fourth-order valence-electron chi connectivity index (χ4n) is 16.8. The Morgan fingerprint density at radius 3 is 1.73 bits per heavy atom. The van der Waals surface area contributed by atoms with Gasteiger partial charge in [0.05, 0.1) is 51.8 Å². The van der Waals surface area contributed by atoms with Crippen molar-refractivity contribution >= 4 is 0 Å². The van der Waals surface area contributed by atoms with Crippen LogP contribution in [0, 0.1) is 52.3 Å². The van der Waals surface area contributed by atoms with Crippen molar-refractivity contribution in [2.45, 2.75) is 257 Å². The van der Waals surface area contributed by atoms with Crippen LogP contribution in [0.5, 0.6) is 0 Å². The fourth-order valence-corrected chi connectivity index (χ4v) is 16.8. The molecule has 0 radical (unpaired) electrons. The molecule has 36 atom stereocenters. The minimum Gasteiger partial charge on any atom is -0.394 e. The quantitative estimate of drug-likeness (QED) is 0.0569. The maximum absolute atomic E-state index is 12.1. The zero-order valence-electron chi connectivity index (χ0n) is 48.0. The van der Waals surface area contributed by atoms with E-state index in [0.29, 0.717) is 43.4 Å². The molecule has 0 aromatic carbocycles. The summed E-state index contributed by atoms with van der Waals surface area (Å²) in [4.78, 5) is 0. The van der Waals surface area contributed by atoms with Gasteiger partial charge < -0.3 is 139 Å². The van der Waals surface area contributed by atoms with Crippen LogP contribution >= 0.6 is 0 Å². The molecule has 0 unspecified atom stereocenters. The summed E-state index contributed by atoms with van der Waals surface area (Å²) in [5, 5.41) is 182. The minimum absolute atomic E-state index is 0.0288. The van der Waals surface area contributed by atoms with Crippen LogP contribution < -0.4 is 0 Å². The molecule has 6 aliphatic heterocycles. The Balaban J connectivity index is 0.759. The zero-order chi connectivity index (χ0) is 60.6. The van der Waals surface area contributed by atoms with Crippen molar-refractivity contribution in [2.24, 2.45) is 52.3 Å². The van der Waals surface area contributed by atoms with E-state index in [4.69, 9.17) is 52.1 Å². The molecule has 17 N–H and O–H groups in total. The van der Waals surface area contributed by atoms with Crippen molar-refractivity contribution in [3.8, 4) is 0 Å². The van der Waals surface area contributed by atoms with Crippen LogP contribution in [0.1, 0.15) is 91.9 Å². The van der Waals surface area contributed by atoms with Crippen LogP contribution in [0.15, 0.2) is 0 Å². The standard InChI is InChI=1S/C56H94O28/c1-21(19-74-49-43(70)39(66)36(63)30(15-57)77-49)7-12-56(73)22(2)34-29(84-56)14-27-25-6-5-23-13-24(8-10-54(23,3)26(25)9-11-55(27,34)4)76-51-45(72)41(68)46(33(18-60)80-51)81-53-48(83-52-44(71)40(67)37(64)31(16-58)78-52)47(38(65)32(17-59)79-53)82-50-42(69)35(62)28(61)20-75-50/h21-53,57-73H,5-20H2,1-4H3/t21-,22+,23+,24+,25-,26+,27+,28-,29-,30-,31-,32-,33-,34+,35+,36-,37-,38-,39+,40+,41-,42-,43-,44-,45-,46+,47+,48-,49-,50+,51-,52+,53+,54+,55+,56-/m1/s1. The third-order valence-electron chi connectivity index (χ3n) is 21.8. The van der Waals surface area contributed by atoms with Gasteiger partial charge in [-0.3, -0.25) is 0 Å². The number of aliphatic hydroxyl groups excluding tert-OH is 16. The number of hydrogen-bond acceptors (Lipinski definition) is 28. The lowest BCUT2D eigenvalue weighted by Gasteiger charge is -2.61. The molecule has 84 heavy (non-hydrogen) atoms. The number of hydrogen-bond donors (Lipinski definition) is 17. The lowest BCUT2D eigenvalue weighted by molar-refractivity contribution is -0.404. The summed E-state index contributed by atoms with van der Waals surface area (Å²) < 4.78 is 65.9. The second-order valence-corrected chi connectivity index (χ2v) is 26.6. The van der Waals surface area contributed by atoms with Crippen LogP contribution in [0.4, 0.5) is 0 Å². The molecule has 6 heterocycles. The predicted octanol–water partition coefficient (Wildman–Crippen LogP) is -5.49. The lowest BCUT2D eigenvalue weighted by Crippen LogP contribution is -2.68. The summed E-state index contributed by atoms with van der Waals surface area (Å²) in [6.45, 7) is 5.31. The van der Waals surface area contributed by atoms with Gasteiger partial charge in [-0.25, -0.2) is 0 Å². The molecule has 486 valence electrons. The van der Waals surface area contributed by atoms with E-state index in [-0.39, 0.29) is 47.2 Å². The molecule has 0 aromatic rings. The first-order valence-electron chi connectivity index (χ1n) is 30.3. The minimum atomic E-state index is -2.02. The first-order valence-corrected chi connectivity index (χ1v) is 30.3. The number of aliphatic hydroxyl groups is 17. The average Bonchev–Trinajstić information content (AvgIpc) is 2.08. The fraction of sp³-hybridized carbons (Fsp3) is 1.00. The first kappa shape index (κ1) is 65.8. The number of rotatable bonds is 18. The van der Waals surface area contributed by atoms with Crippen LogP contribution in [-0.2, 0) is 52.1 Å². The van der Waals surface area contributed by atoms with Crippen molar-refractivity contribution in [3.63, 3.8) is 0 Å². The van der Waals surface area contributed by atoms with Crippen LogP contribution in [0.25, 0.3) is 0 Å². The lowest BCUT2D eigenvalue weighted by atomic mass is 9.44. The third kappa shape index (κ3) is 12.1. The van der Waals surface area contributed by atoms with Gasteiger partial charge in [-0.1, -0.05) is 27.7 Å². The van der Waals surface area contributed by atoms with Gasteiger partial charge in [0.2, 0.25) is 0 Å². The molecule has 0 aromatic heterocycles. The first-order chi connectivity index (χ1) is 39.8. The van der Waals surface area contributed by atoms with Gasteiger partial charge in [0.15, 0.2) is 37.2 Å². The highest BCUT2D eigenvalue weighted by Crippen LogP contribution is 2.71. The Bertz CT molecular complexity index is 2140. The summed E-state index contributed by atoms with van der Waals surface area (Å²) >= 11 is 0. The van der Waals surface area contributed by atoms with Gasteiger partial charge in [0, 0.05) is 12.3 Å². The summed E-state index contributed by atoms with van der Waals surface area (Å²) in [6.07, 6.45) is -33.1. The second kappa shape index (κ2) is 26.2. The van der Waals surface area contributed by atoms with Crippen molar-refractivity contribution < 1.29 is 139 Å². The SMILES string of the molecule is C[C@H](CC[C@@]1(O)O[C@@H]2C[C@H]3[C@@H]4CC[C@H]5C[C@@H](O[C@@H]6O[C@H](CO)[C@H](O[C@@H]7O[C@H](CO)[C@@H](O)[C@H](O[C@@H]8OC[C@@H](O)[C@H](O)[C@H]8O)[C@H]7O[C@@H]7O[C@H](CO)[C@@H](O)[C@H](O)[C@H]7O)[C@H](O)[C@H]6O)CC[C@]5(C)[C@H]4CC[C@]3(C)[C@H]2[C@@H]1C)CO[C@@H]1O[C@H](CO)[C@@H](O)[C@H](O)[C@H]1O. The molecule has 28 heteroatoms. The van der Waals surface area contributed by atoms with Crippen LogP contribution in [0.2, 0.25) is 0 Å². The summed E-state index contributed by atoms with van der Waals surface area (Å²) in [5.41, 5.74) is -0.0852. The molecule has 28 nitrogen and oxygen atoms in total. The molecule has 10 fully saturated rings. The van der Waals surface area contributed by atoms with E-state index in [0.717, 1.165) is 38.5 Å². The van der Waals surface area contributed by atoms with Gasteiger partial charge in [-0.15, -0.1) is 0 Å². The normalized spacial score (nSPS) is 55.4. The van der Waals surface area contributed by atoms with Gasteiger partial charge in [-0.2, -0.15) is 0 Å². The van der Waals surface area contributed by atoms with E-state index in [1.807, 2.05) is 6.92 Å². The van der Waals surface area contributed by atoms with E-state index in [9.17, 15) is 86.8 Å². The maximum atomic E-state index is 12.1. The number of fused-ring (bicyclic) bond motifs is 7. The largest absolute Gasteiger partial charge is 0.394 e. The van der Waals surface area contributed by atoms with E-state index in [2.05, 4.69) is 20.8 Å². The Morgan fingerprint density at radius 1 is 0.512 bits per heavy atom. The molecule has 0 bridgehead atoms. The van der Waals surface area contributed by atoms with Crippen LogP contribution in [0.3, 0.4) is 0 Å². The van der Waals surface area contributed by atoms with Crippen molar-refractivity contribution in [1.29, 1.82) is 0 Å². The van der Waals surface area contributed by atoms with Crippen molar-refractivity contribution in [3.05, 3.63) is 0 Å². The third-order valence-corrected chi connectivity index (χ3v) is 21.8. The summed E-state index contributed by atoms with van der Waals surface area (Å²) in [6, 6.07) is 0. The van der Waals surface area contributed by atoms with Crippen LogP contribution in [-0.4, -0.2) is 292 Å². The van der Waals surface area contributed by atoms with E-state index in [1.165, 1.54) is 0 Å². The Hall–Kier alpha value is -1.12. The maximum Gasteiger partial charge on any atom is 0.187 e. The predicted molar refractivity (Wildman–Crippen MR) is 278 cm³/mol. The molecule has 4 aliphatic carbocycles. The molecule has 0 amide bonds. The van der Waals surface area contributed by atoms with Crippen molar-refractivity contribution in [2.75, 3.05) is 39.6 Å². The highest BCUT2D eigenvalue weighted by Gasteiger charge is 2.69. The molecule has 6 saturated heterocycles. The Labute approximate surface area is 487 Å². The van der Waals surface area contributed by atoms with Gasteiger partial charge >= 0.3 is 0 Å². The molecule has 4 saturated carbocycles. The molecule has 10 rings (SSSR count). The average molecular weight is 1220 g/mol. The highest BCUT2D eigenvalue weighted by molar-refractivity contribution is 5.15. The van der Waals surface area contributed by atoms with Crippen molar-refractivity contribution in [1.82, 2.24) is 0 Å². The highest BCUT2D eigenvalue weighted by atomic mass is 16.8. The second-order valence-electron chi connectivity index (χ2n) is 26.6. The van der Waals surface area contributed by atoms with E-state index >= 15 is 0 Å². The summed E-state index contributed by atoms with van der Waals surface area (Å²) in [5.74, 6) is 0.0903. The molecule has 10 aliphatic rings. The number of ether oxygens (including phenoxy) is 11. The van der Waals surface area contributed by atoms with Gasteiger partial charge in [-0.05, 0) is 104 Å². The van der Waals surface area contributed by atoms with E-state index < -0.39 is 192 Å².